The van der Waals surface area contributed by atoms with E-state index < -0.39 is 4.96 Å². The quantitative estimate of drug-likeness (QED) is 0.337. The number of thioether (sulfide) groups is 1. The van der Waals surface area contributed by atoms with Gasteiger partial charge in [-0.2, -0.15) is 4.99 Å². The van der Waals surface area contributed by atoms with E-state index in [1.807, 2.05) is 0 Å². The molecule has 5 heteroatoms. The molecule has 0 heterocycles. The first-order chi connectivity index (χ1) is 6.22. The van der Waals surface area contributed by atoms with Crippen molar-refractivity contribution < 1.29 is 9.18 Å². The lowest BCUT2D eigenvalue weighted by molar-refractivity contribution is 0.560. The molecule has 0 radical (unpaired) electrons. The zero-order valence-electron chi connectivity index (χ0n) is 6.41. The predicted octanol–water partition coefficient (Wildman–Crippen LogP) is 3.24. The van der Waals surface area contributed by atoms with Crippen molar-refractivity contribution >= 4 is 35.1 Å². The van der Waals surface area contributed by atoms with Crippen LogP contribution < -0.4 is 0 Å². The number of aliphatic imine (C=N–C) groups is 1. The minimum Gasteiger partial charge on any atom is -0.217 e. The summed E-state index contributed by atoms with van der Waals surface area (Å²) in [5.41, 5.74) is 0.490. The standard InChI is InChI=1S/C8H5ClFNOS/c9-8(10)13-7-3-1-6(2-4-7)11-5-12/h1-4,8H. The smallest absolute Gasteiger partial charge is 0.217 e. The van der Waals surface area contributed by atoms with Gasteiger partial charge in [-0.05, 0) is 24.3 Å². The van der Waals surface area contributed by atoms with Gasteiger partial charge in [0.2, 0.25) is 11.0 Å². The average Bonchev–Trinajstić information content (AvgIpc) is 2.08. The molecule has 0 aromatic heterocycles. The molecule has 0 saturated heterocycles. The highest BCUT2D eigenvalue weighted by atomic mass is 35.5. The van der Waals surface area contributed by atoms with E-state index in [2.05, 4.69) is 4.99 Å². The molecule has 0 amide bonds. The molecule has 1 rings (SSSR count). The van der Waals surface area contributed by atoms with Crippen molar-refractivity contribution in [3.63, 3.8) is 0 Å². The van der Waals surface area contributed by atoms with Crippen molar-refractivity contribution in [3.8, 4) is 0 Å². The Morgan fingerprint density at radius 2 is 2.08 bits per heavy atom. The van der Waals surface area contributed by atoms with E-state index in [4.69, 9.17) is 11.6 Å². The van der Waals surface area contributed by atoms with Crippen molar-refractivity contribution in [2.75, 3.05) is 0 Å². The number of benzene rings is 1. The summed E-state index contributed by atoms with van der Waals surface area (Å²) in [6.45, 7) is 0. The summed E-state index contributed by atoms with van der Waals surface area (Å²) in [6.07, 6.45) is 1.41. The first kappa shape index (κ1) is 10.3. The van der Waals surface area contributed by atoms with Crippen molar-refractivity contribution in [1.29, 1.82) is 0 Å². The highest BCUT2D eigenvalue weighted by Crippen LogP contribution is 2.27. The van der Waals surface area contributed by atoms with Crippen molar-refractivity contribution in [3.05, 3.63) is 24.3 Å². The van der Waals surface area contributed by atoms with Gasteiger partial charge in [0.15, 0.2) is 0 Å². The molecule has 1 aromatic rings. The number of hydrogen-bond donors (Lipinski definition) is 0. The van der Waals surface area contributed by atoms with Crippen LogP contribution in [0.3, 0.4) is 0 Å². The number of rotatable bonds is 3. The van der Waals surface area contributed by atoms with E-state index in [1.54, 1.807) is 24.3 Å². The Morgan fingerprint density at radius 3 is 2.54 bits per heavy atom. The minimum atomic E-state index is -1.46. The first-order valence-corrected chi connectivity index (χ1v) is 4.67. The molecule has 0 aliphatic rings. The average molecular weight is 218 g/mol. The molecule has 0 saturated carbocycles. The van der Waals surface area contributed by atoms with E-state index in [0.29, 0.717) is 10.6 Å². The summed E-state index contributed by atoms with van der Waals surface area (Å²) < 4.78 is 12.3. The number of nitrogens with zero attached hydrogens (tertiary/aromatic N) is 1. The van der Waals surface area contributed by atoms with Crippen molar-refractivity contribution in [2.45, 2.75) is 9.86 Å². The molecule has 0 bridgehead atoms. The fourth-order valence-electron chi connectivity index (χ4n) is 0.755. The van der Waals surface area contributed by atoms with Gasteiger partial charge in [-0.3, -0.25) is 0 Å². The molecule has 1 aromatic carbocycles. The largest absolute Gasteiger partial charge is 0.240 e. The summed E-state index contributed by atoms with van der Waals surface area (Å²) in [7, 11) is 0. The number of alkyl halides is 2. The van der Waals surface area contributed by atoms with Gasteiger partial charge in [0.05, 0.1) is 5.69 Å². The van der Waals surface area contributed by atoms with E-state index in [0.717, 1.165) is 11.8 Å². The molecule has 0 aliphatic heterocycles. The van der Waals surface area contributed by atoms with Crippen LogP contribution in [-0.2, 0) is 4.79 Å². The second-order valence-corrected chi connectivity index (χ2v) is 3.84. The monoisotopic (exact) mass is 217 g/mol. The van der Waals surface area contributed by atoms with E-state index in [-0.39, 0.29) is 0 Å². The van der Waals surface area contributed by atoms with Crippen LogP contribution in [0, 0.1) is 0 Å². The molecule has 1 unspecified atom stereocenters. The Hall–Kier alpha value is -0.830. The van der Waals surface area contributed by atoms with Crippen molar-refractivity contribution in [1.82, 2.24) is 0 Å². The fourth-order valence-corrected chi connectivity index (χ4v) is 1.56. The maximum absolute atomic E-state index is 12.3. The summed E-state index contributed by atoms with van der Waals surface area (Å²) in [5.74, 6) is 0. The molecular formula is C8H5ClFNOS. The van der Waals surface area contributed by atoms with Crippen LogP contribution in [0.15, 0.2) is 34.2 Å². The van der Waals surface area contributed by atoms with Gasteiger partial charge in [0.25, 0.3) is 0 Å². The first-order valence-electron chi connectivity index (χ1n) is 3.35. The second-order valence-electron chi connectivity index (χ2n) is 2.08. The molecule has 0 spiro atoms. The number of carbonyl (C=O) groups excluding carboxylic acids is 1. The van der Waals surface area contributed by atoms with Gasteiger partial charge in [0, 0.05) is 4.90 Å². The van der Waals surface area contributed by atoms with E-state index >= 15 is 0 Å². The zero-order valence-corrected chi connectivity index (χ0v) is 7.98. The third kappa shape index (κ3) is 3.59. The molecule has 0 aliphatic carbocycles. The molecular weight excluding hydrogens is 213 g/mol. The van der Waals surface area contributed by atoms with Gasteiger partial charge in [-0.15, -0.1) is 0 Å². The van der Waals surface area contributed by atoms with Gasteiger partial charge in [-0.1, -0.05) is 23.4 Å². The Labute approximate surface area is 83.8 Å². The van der Waals surface area contributed by atoms with Gasteiger partial charge < -0.3 is 0 Å². The van der Waals surface area contributed by atoms with Gasteiger partial charge in [-0.25, -0.2) is 9.18 Å². The maximum atomic E-state index is 12.3. The molecule has 1 atom stereocenters. The van der Waals surface area contributed by atoms with Crippen LogP contribution in [0.4, 0.5) is 10.1 Å². The third-order valence-electron chi connectivity index (χ3n) is 1.24. The van der Waals surface area contributed by atoms with Gasteiger partial charge >= 0.3 is 0 Å². The minimum absolute atomic E-state index is 0.490. The highest BCUT2D eigenvalue weighted by molar-refractivity contribution is 8.00. The Bertz CT molecular complexity index is 321. The second kappa shape index (κ2) is 5.02. The summed E-state index contributed by atoms with van der Waals surface area (Å²) in [5, 5.41) is 0. The molecule has 13 heavy (non-hydrogen) atoms. The molecule has 0 N–H and O–H groups in total. The lowest BCUT2D eigenvalue weighted by atomic mass is 10.3. The van der Waals surface area contributed by atoms with Gasteiger partial charge in [0.1, 0.15) is 0 Å². The molecule has 68 valence electrons. The van der Waals surface area contributed by atoms with E-state index in [1.165, 1.54) is 6.08 Å². The third-order valence-corrected chi connectivity index (χ3v) is 2.23. The van der Waals surface area contributed by atoms with Crippen LogP contribution in [-0.4, -0.2) is 11.0 Å². The summed E-state index contributed by atoms with van der Waals surface area (Å²) in [6, 6.07) is 6.45. The Balaban J connectivity index is 2.75. The lowest BCUT2D eigenvalue weighted by Crippen LogP contribution is -1.78. The van der Waals surface area contributed by atoms with Crippen LogP contribution in [0.25, 0.3) is 0 Å². The zero-order chi connectivity index (χ0) is 9.68. The SMILES string of the molecule is O=C=Nc1ccc(SC(F)Cl)cc1. The summed E-state index contributed by atoms with van der Waals surface area (Å²) in [4.78, 5) is 12.5. The van der Waals surface area contributed by atoms with E-state index in [9.17, 15) is 9.18 Å². The van der Waals surface area contributed by atoms with Crippen LogP contribution in [0.2, 0.25) is 0 Å². The fraction of sp³-hybridized carbons (Fsp3) is 0.125. The summed E-state index contributed by atoms with van der Waals surface area (Å²) >= 11 is 6.01. The Morgan fingerprint density at radius 1 is 1.46 bits per heavy atom. The van der Waals surface area contributed by atoms with Crippen molar-refractivity contribution in [2.24, 2.45) is 4.99 Å². The lowest BCUT2D eigenvalue weighted by Gasteiger charge is -1.99. The highest BCUT2D eigenvalue weighted by Gasteiger charge is 2.02. The normalized spacial score (nSPS) is 11.8. The van der Waals surface area contributed by atoms with Crippen LogP contribution in [0.1, 0.15) is 0 Å². The molecule has 0 fully saturated rings. The number of hydrogen-bond acceptors (Lipinski definition) is 3. The topological polar surface area (TPSA) is 29.4 Å². The maximum Gasteiger partial charge on any atom is 0.240 e. The number of isocyanates is 1. The molecule has 2 nitrogen and oxygen atoms in total. The van der Waals surface area contributed by atoms with Crippen LogP contribution >= 0.6 is 23.4 Å². The number of halogens is 2. The Kier molecular flexibility index (Phi) is 3.96. The van der Waals surface area contributed by atoms with Crippen LogP contribution in [0.5, 0.6) is 0 Å². The predicted molar refractivity (Wildman–Crippen MR) is 50.8 cm³/mol.